The third-order valence-electron chi connectivity index (χ3n) is 5.27. The topological polar surface area (TPSA) is 24.5 Å². The van der Waals surface area contributed by atoms with Crippen LogP contribution in [0.15, 0.2) is 72.1 Å². The van der Waals surface area contributed by atoms with Gasteiger partial charge in [-0.05, 0) is 72.9 Å². The molecule has 3 nitrogen and oxygen atoms in total. The quantitative estimate of drug-likeness (QED) is 0.429. The lowest BCUT2D eigenvalue weighted by Gasteiger charge is -2.36. The van der Waals surface area contributed by atoms with E-state index in [1.807, 2.05) is 54.6 Å². The monoisotopic (exact) mass is 422 g/mol. The van der Waals surface area contributed by atoms with Crippen LogP contribution in [-0.2, 0) is 6.54 Å². The Morgan fingerprint density at radius 2 is 1.66 bits per heavy atom. The number of hydrogen-bond donors (Lipinski definition) is 1. The number of hydrogen-bond acceptors (Lipinski definition) is 3. The van der Waals surface area contributed by atoms with Crippen molar-refractivity contribution in [3.63, 3.8) is 0 Å². The van der Waals surface area contributed by atoms with E-state index >= 15 is 0 Å². The van der Waals surface area contributed by atoms with Gasteiger partial charge in [-0.25, -0.2) is 0 Å². The smallest absolute Gasteiger partial charge is 0.174 e. The van der Waals surface area contributed by atoms with Crippen LogP contribution in [-0.4, -0.2) is 16.1 Å². The Hall–Kier alpha value is -2.37. The molecule has 29 heavy (non-hydrogen) atoms. The van der Waals surface area contributed by atoms with Crippen molar-refractivity contribution >= 4 is 34.4 Å². The molecule has 1 N–H and O–H groups in total. The summed E-state index contributed by atoms with van der Waals surface area (Å²) in [5, 5.41) is 6.39. The van der Waals surface area contributed by atoms with Crippen LogP contribution < -0.4 is 10.1 Å². The van der Waals surface area contributed by atoms with Gasteiger partial charge in [-0.15, -0.1) is 11.3 Å². The van der Waals surface area contributed by atoms with Gasteiger partial charge in [0, 0.05) is 16.6 Å². The minimum Gasteiger partial charge on any atom is -0.457 e. The van der Waals surface area contributed by atoms with Crippen LogP contribution in [0.25, 0.3) is 0 Å². The lowest BCUT2D eigenvalue weighted by molar-refractivity contribution is 0.242. The van der Waals surface area contributed by atoms with Gasteiger partial charge in [0.25, 0.3) is 0 Å². The summed E-state index contributed by atoms with van der Waals surface area (Å²) >= 11 is 7.63. The van der Waals surface area contributed by atoms with E-state index in [1.54, 1.807) is 11.3 Å². The summed E-state index contributed by atoms with van der Waals surface area (Å²) < 4.78 is 5.88. The Bertz CT molecular complexity index is 888. The minimum absolute atomic E-state index is 0.520. The fourth-order valence-corrected chi connectivity index (χ4v) is 4.79. The summed E-state index contributed by atoms with van der Waals surface area (Å²) in [6.07, 6.45) is 6.36. The van der Waals surface area contributed by atoms with Crippen LogP contribution >= 0.6 is 23.6 Å². The van der Waals surface area contributed by atoms with E-state index in [9.17, 15) is 0 Å². The Morgan fingerprint density at radius 1 is 0.931 bits per heavy atom. The van der Waals surface area contributed by atoms with E-state index in [4.69, 9.17) is 17.0 Å². The van der Waals surface area contributed by atoms with Crippen molar-refractivity contribution in [3.8, 4) is 11.5 Å². The first-order valence-corrected chi connectivity index (χ1v) is 11.5. The first-order valence-electron chi connectivity index (χ1n) is 10.2. The Morgan fingerprint density at radius 3 is 2.34 bits per heavy atom. The van der Waals surface area contributed by atoms with Crippen LogP contribution in [0.5, 0.6) is 11.5 Å². The fraction of sp³-hybridized carbons (Fsp3) is 0.292. The molecule has 4 rings (SSSR count). The number of anilines is 1. The summed E-state index contributed by atoms with van der Waals surface area (Å²) in [6, 6.07) is 22.6. The summed E-state index contributed by atoms with van der Waals surface area (Å²) in [5.41, 5.74) is 0.988. The highest BCUT2D eigenvalue weighted by Gasteiger charge is 2.24. The number of para-hydroxylation sites is 1. The molecule has 1 heterocycles. The fourth-order valence-electron chi connectivity index (χ4n) is 3.76. The van der Waals surface area contributed by atoms with Gasteiger partial charge in [0.2, 0.25) is 0 Å². The van der Waals surface area contributed by atoms with Crippen molar-refractivity contribution < 1.29 is 4.74 Å². The van der Waals surface area contributed by atoms with Crippen LogP contribution in [0.4, 0.5) is 5.69 Å². The van der Waals surface area contributed by atoms with Gasteiger partial charge < -0.3 is 15.0 Å². The minimum atomic E-state index is 0.520. The molecule has 1 aliphatic carbocycles. The van der Waals surface area contributed by atoms with Crippen molar-refractivity contribution in [2.75, 3.05) is 5.32 Å². The SMILES string of the molecule is S=C(Nc1ccc(Oc2ccccc2)cc1)N(Cc1cccs1)C1CCCCC1. The van der Waals surface area contributed by atoms with E-state index in [0.717, 1.165) is 28.8 Å². The van der Waals surface area contributed by atoms with Crippen LogP contribution in [0.1, 0.15) is 37.0 Å². The van der Waals surface area contributed by atoms with E-state index in [0.29, 0.717) is 6.04 Å². The standard InChI is InChI=1S/C24H26N2OS2/c28-24(26(18-23-12-7-17-29-23)20-8-3-1-4-9-20)25-19-13-15-22(16-14-19)27-21-10-5-2-6-11-21/h2,5-7,10-17,20H,1,3-4,8-9,18H2,(H,25,28). The third-order valence-corrected chi connectivity index (χ3v) is 6.46. The highest BCUT2D eigenvalue weighted by atomic mass is 32.1. The largest absolute Gasteiger partial charge is 0.457 e. The van der Waals surface area contributed by atoms with Crippen molar-refractivity contribution in [2.24, 2.45) is 0 Å². The molecule has 0 atom stereocenters. The second kappa shape index (κ2) is 9.90. The predicted molar refractivity (Wildman–Crippen MR) is 126 cm³/mol. The highest BCUT2D eigenvalue weighted by molar-refractivity contribution is 7.80. The lowest BCUT2D eigenvalue weighted by atomic mass is 9.94. The number of ether oxygens (including phenoxy) is 1. The van der Waals surface area contributed by atoms with Crippen LogP contribution in [0, 0.1) is 0 Å². The Kier molecular flexibility index (Phi) is 6.80. The molecule has 0 amide bonds. The highest BCUT2D eigenvalue weighted by Crippen LogP contribution is 2.27. The third kappa shape index (κ3) is 5.58. The maximum atomic E-state index is 5.88. The number of nitrogens with zero attached hydrogens (tertiary/aromatic N) is 1. The molecule has 1 aliphatic rings. The molecule has 2 aromatic carbocycles. The normalized spacial score (nSPS) is 14.3. The van der Waals surface area contributed by atoms with Crippen LogP contribution in [0.2, 0.25) is 0 Å². The molecule has 1 aromatic heterocycles. The maximum absolute atomic E-state index is 5.88. The van der Waals surface area contributed by atoms with Gasteiger partial charge in [0.05, 0.1) is 6.54 Å². The van der Waals surface area contributed by atoms with E-state index in [1.165, 1.54) is 37.0 Å². The molecule has 1 fully saturated rings. The van der Waals surface area contributed by atoms with E-state index in [2.05, 4.69) is 27.7 Å². The lowest BCUT2D eigenvalue weighted by Crippen LogP contribution is -2.43. The number of nitrogens with one attached hydrogen (secondary N) is 1. The van der Waals surface area contributed by atoms with Crippen molar-refractivity contribution in [2.45, 2.75) is 44.7 Å². The van der Waals surface area contributed by atoms with Gasteiger partial charge in [0.1, 0.15) is 11.5 Å². The zero-order valence-corrected chi connectivity index (χ0v) is 18.1. The molecule has 0 aliphatic heterocycles. The summed E-state index contributed by atoms with van der Waals surface area (Å²) in [6.45, 7) is 0.878. The molecule has 0 unspecified atom stereocenters. The van der Waals surface area contributed by atoms with Crippen LogP contribution in [0.3, 0.4) is 0 Å². The van der Waals surface area contributed by atoms with E-state index in [-0.39, 0.29) is 0 Å². The molecule has 150 valence electrons. The zero-order valence-electron chi connectivity index (χ0n) is 16.4. The number of rotatable bonds is 6. The molecular weight excluding hydrogens is 396 g/mol. The molecular formula is C24H26N2OS2. The average Bonchev–Trinajstić information content (AvgIpc) is 3.28. The Labute approximate surface area is 182 Å². The summed E-state index contributed by atoms with van der Waals surface area (Å²) in [5.74, 6) is 1.65. The van der Waals surface area contributed by atoms with Crippen molar-refractivity contribution in [1.82, 2.24) is 4.90 Å². The Balaban J connectivity index is 1.42. The number of benzene rings is 2. The molecule has 3 aromatic rings. The van der Waals surface area contributed by atoms with Crippen molar-refractivity contribution in [1.29, 1.82) is 0 Å². The molecule has 0 spiro atoms. The van der Waals surface area contributed by atoms with Gasteiger partial charge >= 0.3 is 0 Å². The molecule has 1 saturated carbocycles. The first-order chi connectivity index (χ1) is 14.3. The number of thiophene rings is 1. The van der Waals surface area contributed by atoms with Gasteiger partial charge in [0.15, 0.2) is 5.11 Å². The average molecular weight is 423 g/mol. The summed E-state index contributed by atoms with van der Waals surface area (Å²) in [7, 11) is 0. The number of thiocarbonyl (C=S) groups is 1. The second-order valence-corrected chi connectivity index (χ2v) is 8.79. The second-order valence-electron chi connectivity index (χ2n) is 7.37. The predicted octanol–water partition coefficient (Wildman–Crippen LogP) is 7.07. The van der Waals surface area contributed by atoms with Gasteiger partial charge in [-0.3, -0.25) is 0 Å². The molecule has 0 bridgehead atoms. The van der Waals surface area contributed by atoms with E-state index < -0.39 is 0 Å². The van der Waals surface area contributed by atoms with Gasteiger partial charge in [-0.1, -0.05) is 43.5 Å². The summed E-state index contributed by atoms with van der Waals surface area (Å²) in [4.78, 5) is 3.74. The molecule has 0 saturated heterocycles. The van der Waals surface area contributed by atoms with Gasteiger partial charge in [-0.2, -0.15) is 0 Å². The first kappa shape index (κ1) is 19.9. The molecule has 5 heteroatoms. The van der Waals surface area contributed by atoms with Crippen molar-refractivity contribution in [3.05, 3.63) is 77.0 Å². The maximum Gasteiger partial charge on any atom is 0.174 e. The molecule has 0 radical (unpaired) electrons. The zero-order chi connectivity index (χ0) is 19.9.